The minimum absolute atomic E-state index is 0.886. The highest BCUT2D eigenvalue weighted by Crippen LogP contribution is 2.44. The highest BCUT2D eigenvalue weighted by molar-refractivity contribution is 6.21. The van der Waals surface area contributed by atoms with Crippen molar-refractivity contribution in [3.05, 3.63) is 189 Å². The molecule has 3 heteroatoms. The molecule has 0 aliphatic carbocycles. The van der Waals surface area contributed by atoms with Crippen LogP contribution in [0.4, 0.5) is 0 Å². The first kappa shape index (κ1) is 29.4. The molecule has 6 aromatic carbocycles. The summed E-state index contributed by atoms with van der Waals surface area (Å²) >= 11 is 0. The van der Waals surface area contributed by atoms with E-state index >= 15 is 0 Å². The van der Waals surface area contributed by atoms with E-state index in [0.717, 1.165) is 44.8 Å². The predicted octanol–water partition coefficient (Wildman–Crippen LogP) is 12.2. The Bertz CT molecular complexity index is 2560. The minimum atomic E-state index is 0.886. The van der Waals surface area contributed by atoms with Crippen molar-refractivity contribution in [2.75, 3.05) is 0 Å². The van der Waals surface area contributed by atoms with Crippen LogP contribution in [0.25, 0.3) is 88.6 Å². The Morgan fingerprint density at radius 2 is 0.800 bits per heavy atom. The lowest BCUT2D eigenvalue weighted by molar-refractivity contribution is 1.28. The van der Waals surface area contributed by atoms with E-state index in [0.29, 0.717) is 0 Å². The molecule has 0 aliphatic rings. The molecule has 0 N–H and O–H groups in total. The van der Waals surface area contributed by atoms with E-state index in [1.807, 2.05) is 36.8 Å². The van der Waals surface area contributed by atoms with E-state index in [1.54, 1.807) is 6.20 Å². The van der Waals surface area contributed by atoms with Gasteiger partial charge >= 0.3 is 0 Å². The van der Waals surface area contributed by atoms with Gasteiger partial charge < -0.3 is 0 Å². The summed E-state index contributed by atoms with van der Waals surface area (Å²) in [4.78, 5) is 13.7. The molecule has 3 heterocycles. The van der Waals surface area contributed by atoms with E-state index < -0.39 is 0 Å². The van der Waals surface area contributed by atoms with Crippen LogP contribution in [-0.2, 0) is 0 Å². The molecule has 0 bridgehead atoms. The van der Waals surface area contributed by atoms with Crippen LogP contribution in [0.15, 0.2) is 189 Å². The SMILES string of the molecule is c1ccc(-c2c3ccccc3c(-c3cccc(-c4cc(-c5ccc(-c6ccncc6)cc5)nc(-c5cccnc5)c4)c3)c3ccccc23)cc1. The van der Waals surface area contributed by atoms with E-state index in [9.17, 15) is 0 Å². The summed E-state index contributed by atoms with van der Waals surface area (Å²) in [5, 5.41) is 4.97. The number of aromatic nitrogens is 3. The second-order valence-corrected chi connectivity index (χ2v) is 12.5. The number of pyridine rings is 3. The molecule has 0 saturated carbocycles. The summed E-state index contributed by atoms with van der Waals surface area (Å²) in [5.41, 5.74) is 13.3. The van der Waals surface area contributed by atoms with Crippen molar-refractivity contribution in [3.63, 3.8) is 0 Å². The average molecular weight is 638 g/mol. The summed E-state index contributed by atoms with van der Waals surface area (Å²) in [6.45, 7) is 0. The van der Waals surface area contributed by atoms with Crippen LogP contribution in [-0.4, -0.2) is 15.0 Å². The minimum Gasteiger partial charge on any atom is -0.265 e. The maximum Gasteiger partial charge on any atom is 0.0731 e. The van der Waals surface area contributed by atoms with Gasteiger partial charge in [-0.1, -0.05) is 121 Å². The topological polar surface area (TPSA) is 38.7 Å². The Hall–Kier alpha value is -6.71. The third kappa shape index (κ3) is 5.41. The molecular formula is C47H31N3. The number of hydrogen-bond donors (Lipinski definition) is 0. The van der Waals surface area contributed by atoms with Gasteiger partial charge in [0.2, 0.25) is 0 Å². The van der Waals surface area contributed by atoms with Gasteiger partial charge in [-0.15, -0.1) is 0 Å². The van der Waals surface area contributed by atoms with Gasteiger partial charge in [-0.3, -0.25) is 9.97 Å². The maximum atomic E-state index is 5.15. The fourth-order valence-corrected chi connectivity index (χ4v) is 7.09. The standard InChI is InChI=1S/C47H31N3/c1-2-10-35(11-3-1)46-40-15-4-6-17-42(40)47(43-18-7-5-16-41(43)46)37-13-8-12-36(28-37)39-29-44(50-45(30-39)38-14-9-25-49-31-38)34-21-19-32(20-22-34)33-23-26-48-27-24-33/h1-31H. The van der Waals surface area contributed by atoms with Crippen molar-refractivity contribution < 1.29 is 0 Å². The molecule has 50 heavy (non-hydrogen) atoms. The summed E-state index contributed by atoms with van der Waals surface area (Å²) < 4.78 is 0. The summed E-state index contributed by atoms with van der Waals surface area (Å²) in [6, 6.07) is 58.4. The van der Waals surface area contributed by atoms with Gasteiger partial charge in [-0.2, -0.15) is 0 Å². The third-order valence-electron chi connectivity index (χ3n) is 9.46. The fourth-order valence-electron chi connectivity index (χ4n) is 7.09. The normalized spacial score (nSPS) is 11.2. The van der Waals surface area contributed by atoms with Crippen LogP contribution in [0.1, 0.15) is 0 Å². The fraction of sp³-hybridized carbons (Fsp3) is 0. The highest BCUT2D eigenvalue weighted by Gasteiger charge is 2.17. The molecule has 0 unspecified atom stereocenters. The summed E-state index contributed by atoms with van der Waals surface area (Å²) in [6.07, 6.45) is 7.33. The predicted molar refractivity (Wildman–Crippen MR) is 207 cm³/mol. The van der Waals surface area contributed by atoms with Gasteiger partial charge in [-0.25, -0.2) is 4.98 Å². The Morgan fingerprint density at radius 1 is 0.280 bits per heavy atom. The van der Waals surface area contributed by atoms with Crippen molar-refractivity contribution in [3.8, 4) is 67.0 Å². The first-order valence-corrected chi connectivity index (χ1v) is 16.8. The van der Waals surface area contributed by atoms with Gasteiger partial charge in [0.05, 0.1) is 11.4 Å². The number of benzene rings is 6. The third-order valence-corrected chi connectivity index (χ3v) is 9.46. The molecule has 0 radical (unpaired) electrons. The number of nitrogens with zero attached hydrogens (tertiary/aromatic N) is 3. The molecule has 3 aromatic heterocycles. The molecule has 234 valence electrons. The lowest BCUT2D eigenvalue weighted by Crippen LogP contribution is -1.93. The van der Waals surface area contributed by atoms with E-state index in [1.165, 1.54) is 43.8 Å². The number of hydrogen-bond acceptors (Lipinski definition) is 3. The van der Waals surface area contributed by atoms with Crippen LogP contribution in [0.5, 0.6) is 0 Å². The zero-order chi connectivity index (χ0) is 33.3. The molecule has 3 nitrogen and oxygen atoms in total. The summed E-state index contributed by atoms with van der Waals surface area (Å²) in [7, 11) is 0. The average Bonchev–Trinajstić information content (AvgIpc) is 3.21. The van der Waals surface area contributed by atoms with Gasteiger partial charge in [-0.05, 0) is 109 Å². The van der Waals surface area contributed by atoms with Crippen LogP contribution in [0.2, 0.25) is 0 Å². The maximum absolute atomic E-state index is 5.15. The molecule has 0 saturated heterocycles. The molecule has 0 spiro atoms. The van der Waals surface area contributed by atoms with Crippen molar-refractivity contribution in [2.45, 2.75) is 0 Å². The largest absolute Gasteiger partial charge is 0.265 e. The molecule has 9 rings (SSSR count). The Morgan fingerprint density at radius 3 is 1.44 bits per heavy atom. The second-order valence-electron chi connectivity index (χ2n) is 12.5. The molecule has 0 amide bonds. The first-order chi connectivity index (χ1) is 24.8. The lowest BCUT2D eigenvalue weighted by atomic mass is 9.85. The zero-order valence-corrected chi connectivity index (χ0v) is 27.2. The zero-order valence-electron chi connectivity index (χ0n) is 27.2. The smallest absolute Gasteiger partial charge is 0.0731 e. The van der Waals surface area contributed by atoms with E-state index in [-0.39, 0.29) is 0 Å². The van der Waals surface area contributed by atoms with Crippen molar-refractivity contribution >= 4 is 21.5 Å². The highest BCUT2D eigenvalue weighted by atomic mass is 14.7. The molecular weight excluding hydrogens is 607 g/mol. The Labute approximate surface area is 291 Å². The Balaban J connectivity index is 1.22. The van der Waals surface area contributed by atoms with E-state index in [4.69, 9.17) is 4.98 Å². The molecule has 0 aliphatic heterocycles. The number of fused-ring (bicyclic) bond motifs is 2. The van der Waals surface area contributed by atoms with Crippen molar-refractivity contribution in [1.82, 2.24) is 15.0 Å². The van der Waals surface area contributed by atoms with Gasteiger partial charge in [0, 0.05) is 35.9 Å². The van der Waals surface area contributed by atoms with Crippen LogP contribution < -0.4 is 0 Å². The molecule has 0 atom stereocenters. The monoisotopic (exact) mass is 637 g/mol. The second kappa shape index (κ2) is 12.7. The first-order valence-electron chi connectivity index (χ1n) is 16.8. The Kier molecular flexibility index (Phi) is 7.49. The van der Waals surface area contributed by atoms with Crippen LogP contribution in [0, 0.1) is 0 Å². The molecule has 9 aromatic rings. The lowest BCUT2D eigenvalue weighted by Gasteiger charge is -2.18. The van der Waals surface area contributed by atoms with Gasteiger partial charge in [0.1, 0.15) is 0 Å². The molecule has 0 fully saturated rings. The number of rotatable bonds is 6. The summed E-state index contributed by atoms with van der Waals surface area (Å²) in [5.74, 6) is 0. The quantitative estimate of drug-likeness (QED) is 0.170. The van der Waals surface area contributed by atoms with Crippen molar-refractivity contribution in [1.29, 1.82) is 0 Å². The van der Waals surface area contributed by atoms with Gasteiger partial charge in [0.25, 0.3) is 0 Å². The van der Waals surface area contributed by atoms with Gasteiger partial charge in [0.15, 0.2) is 0 Å². The van der Waals surface area contributed by atoms with E-state index in [2.05, 4.69) is 156 Å². The van der Waals surface area contributed by atoms with Crippen LogP contribution >= 0.6 is 0 Å². The van der Waals surface area contributed by atoms with Crippen LogP contribution in [0.3, 0.4) is 0 Å². The van der Waals surface area contributed by atoms with Crippen molar-refractivity contribution in [2.24, 2.45) is 0 Å².